The number of nitrogens with zero attached hydrogens (tertiary/aromatic N) is 7. The minimum Gasteiger partial charge on any atom is -0.369 e. The number of carbonyl (C=O) groups excluding carboxylic acids is 3. The fraction of sp³-hybridized carbons (Fsp3) is 0.600. The maximum atomic E-state index is 16.2. The Morgan fingerprint density at radius 2 is 1.46 bits per heavy atom. The Labute approximate surface area is 290 Å². The summed E-state index contributed by atoms with van der Waals surface area (Å²) in [7, 11) is 0. The summed E-state index contributed by atoms with van der Waals surface area (Å²) in [4.78, 5) is 55.0. The van der Waals surface area contributed by atoms with Crippen molar-refractivity contribution in [1.82, 2.24) is 49.5 Å². The lowest BCUT2D eigenvalue weighted by Crippen LogP contribution is -2.73. The zero-order valence-electron chi connectivity index (χ0n) is 28.2. The molecule has 0 radical (unpaired) electrons. The van der Waals surface area contributed by atoms with E-state index in [0.717, 1.165) is 25.9 Å². The van der Waals surface area contributed by atoms with Gasteiger partial charge in [0.15, 0.2) is 5.78 Å². The minimum atomic E-state index is -1.34. The molecule has 2 saturated carbocycles. The number of ketones is 1. The summed E-state index contributed by atoms with van der Waals surface area (Å²) in [6.45, 7) is 3.71. The van der Waals surface area contributed by atoms with Crippen LogP contribution in [-0.4, -0.2) is 107 Å². The number of halogens is 1. The molecule has 3 aromatic rings. The average Bonchev–Trinajstić information content (AvgIpc) is 3.94. The van der Waals surface area contributed by atoms with Gasteiger partial charge < -0.3 is 39.3 Å². The number of Topliss-reactive ketones (excluding diaryl/α,β-unsaturated/α-hetero) is 1. The number of ether oxygens (including phenoxy) is 1. The predicted octanol–water partition coefficient (Wildman–Crippen LogP) is 1.47. The molecule has 4 aliphatic rings. The molecule has 8 atom stereocenters. The third-order valence-corrected chi connectivity index (χ3v) is 10.7. The van der Waals surface area contributed by atoms with E-state index in [1.807, 2.05) is 32.3 Å². The summed E-state index contributed by atoms with van der Waals surface area (Å²) in [5.41, 5.74) is 0.0741. The van der Waals surface area contributed by atoms with E-state index in [-0.39, 0.29) is 41.7 Å². The quantitative estimate of drug-likeness (QED) is 0.159. The van der Waals surface area contributed by atoms with Gasteiger partial charge >= 0.3 is 0 Å². The molecule has 5 heterocycles. The third kappa shape index (κ3) is 7.53. The molecule has 0 bridgehead atoms. The van der Waals surface area contributed by atoms with Gasteiger partial charge in [0.25, 0.3) is 5.91 Å². The Morgan fingerprint density at radius 3 is 2.08 bits per heavy atom. The zero-order valence-corrected chi connectivity index (χ0v) is 28.2. The highest BCUT2D eigenvalue weighted by Gasteiger charge is 2.59. The number of aromatic nitrogens is 6. The number of carbonyl (C=O) groups is 3. The van der Waals surface area contributed by atoms with Crippen molar-refractivity contribution in [2.45, 2.75) is 101 Å². The number of fused-ring (bicyclic) bond motifs is 2. The Kier molecular flexibility index (Phi) is 10.7. The van der Waals surface area contributed by atoms with Crippen molar-refractivity contribution in [3.63, 3.8) is 0 Å². The van der Waals surface area contributed by atoms with Gasteiger partial charge in [-0.25, -0.2) is 19.3 Å². The first-order chi connectivity index (χ1) is 24.5. The number of amides is 2. The predicted molar refractivity (Wildman–Crippen MR) is 180 cm³/mol. The molecule has 268 valence electrons. The summed E-state index contributed by atoms with van der Waals surface area (Å²) >= 11 is 0. The van der Waals surface area contributed by atoms with Gasteiger partial charge in [-0.05, 0) is 51.5 Å². The van der Waals surface area contributed by atoms with E-state index >= 15 is 4.39 Å². The third-order valence-electron chi connectivity index (χ3n) is 10.7. The average molecular weight is 691 g/mol. The van der Waals surface area contributed by atoms with Crippen LogP contribution in [0.5, 0.6) is 0 Å². The molecule has 0 spiro atoms. The molecule has 3 N–H and O–H groups in total. The van der Waals surface area contributed by atoms with Gasteiger partial charge in [0, 0.05) is 87.9 Å². The van der Waals surface area contributed by atoms with Crippen LogP contribution in [0.2, 0.25) is 0 Å². The van der Waals surface area contributed by atoms with E-state index in [1.54, 1.807) is 43.8 Å². The van der Waals surface area contributed by atoms with Crippen LogP contribution in [0.4, 0.5) is 4.39 Å². The van der Waals surface area contributed by atoms with Crippen LogP contribution < -0.4 is 16.0 Å². The smallest absolute Gasteiger partial charge is 0.256 e. The van der Waals surface area contributed by atoms with E-state index in [0.29, 0.717) is 51.9 Å². The van der Waals surface area contributed by atoms with E-state index in [4.69, 9.17) is 4.74 Å². The first-order valence-corrected chi connectivity index (χ1v) is 18.0. The molecule has 14 nitrogen and oxygen atoms in total. The Hall–Kier alpha value is -4.37. The minimum absolute atomic E-state index is 0.000932. The van der Waals surface area contributed by atoms with Crippen molar-refractivity contribution in [1.29, 1.82) is 0 Å². The summed E-state index contributed by atoms with van der Waals surface area (Å²) < 4.78 is 28.9. The second kappa shape index (κ2) is 15.7. The van der Waals surface area contributed by atoms with Crippen molar-refractivity contribution in [2.75, 3.05) is 19.6 Å². The van der Waals surface area contributed by atoms with Crippen LogP contribution in [0, 0.1) is 11.8 Å². The van der Waals surface area contributed by atoms with Gasteiger partial charge in [0.05, 0.1) is 54.9 Å². The molecule has 15 heteroatoms. The summed E-state index contributed by atoms with van der Waals surface area (Å²) in [5, 5.41) is 9.44. The van der Waals surface area contributed by atoms with Crippen molar-refractivity contribution < 1.29 is 23.5 Å². The topological polar surface area (TPSA) is 153 Å². The standard InChI is InChI=1S/C35H47FN10O4/c36-27-19-25-31-33(30(27)40-6-1-12-43-15-9-37-21-43)50-29-18-24(34(48)41-7-2-13-44-16-10-38-22-44)4-5-28(29)46(31)20-26(32(25)47)35(49)42-8-3-14-45-17-11-39-23-45/h9-11,15-17,20-25,27-31,33,40H,1-8,12-14,18-19H2,(H,41,48)(H,42,49). The zero-order chi connectivity index (χ0) is 34.5. The first kappa shape index (κ1) is 34.1. The Bertz CT molecular complexity index is 1600. The summed E-state index contributed by atoms with van der Waals surface area (Å²) in [5.74, 6) is -1.70. The van der Waals surface area contributed by atoms with Crippen LogP contribution in [0.3, 0.4) is 0 Å². The maximum absolute atomic E-state index is 16.2. The molecule has 1 saturated heterocycles. The highest BCUT2D eigenvalue weighted by Crippen LogP contribution is 2.46. The lowest BCUT2D eigenvalue weighted by molar-refractivity contribution is -0.202. The second-order valence-electron chi connectivity index (χ2n) is 13.9. The number of rotatable bonds is 15. The lowest BCUT2D eigenvalue weighted by atomic mass is 9.69. The molecule has 8 unspecified atom stereocenters. The van der Waals surface area contributed by atoms with Crippen molar-refractivity contribution in [3.8, 4) is 0 Å². The van der Waals surface area contributed by atoms with E-state index < -0.39 is 36.2 Å². The summed E-state index contributed by atoms with van der Waals surface area (Å²) in [6.07, 6.45) is 19.6. The molecule has 2 aliphatic heterocycles. The fourth-order valence-electron chi connectivity index (χ4n) is 8.21. The van der Waals surface area contributed by atoms with E-state index in [9.17, 15) is 14.4 Å². The molecule has 3 aromatic heterocycles. The second-order valence-corrected chi connectivity index (χ2v) is 13.9. The van der Waals surface area contributed by atoms with Crippen molar-refractivity contribution >= 4 is 17.6 Å². The van der Waals surface area contributed by atoms with E-state index in [1.165, 1.54) is 0 Å². The largest absolute Gasteiger partial charge is 0.369 e. The van der Waals surface area contributed by atoms with Crippen LogP contribution in [0.1, 0.15) is 44.9 Å². The molecule has 2 aliphatic carbocycles. The van der Waals surface area contributed by atoms with Gasteiger partial charge in [-0.2, -0.15) is 0 Å². The summed E-state index contributed by atoms with van der Waals surface area (Å²) in [6, 6.07) is -1.15. The lowest BCUT2D eigenvalue weighted by Gasteiger charge is -2.59. The number of morpholine rings is 1. The van der Waals surface area contributed by atoms with Gasteiger partial charge in [0.2, 0.25) is 5.91 Å². The molecule has 3 fully saturated rings. The number of alkyl halides is 1. The highest BCUT2D eigenvalue weighted by molar-refractivity contribution is 6.20. The van der Waals surface area contributed by atoms with Gasteiger partial charge in [-0.1, -0.05) is 0 Å². The number of hydrogen-bond donors (Lipinski definition) is 3. The number of aryl methyl sites for hydroxylation is 3. The molecule has 2 amide bonds. The van der Waals surface area contributed by atoms with Crippen LogP contribution >= 0.6 is 0 Å². The monoisotopic (exact) mass is 690 g/mol. The normalized spacial score (nSPS) is 28.8. The first-order valence-electron chi connectivity index (χ1n) is 18.0. The highest BCUT2D eigenvalue weighted by atomic mass is 19.1. The SMILES string of the molecule is O=C(NCCCn1ccnc1)C1=CN2C3CCC(C(=O)NCCCn4ccnc4)CC3OC3C(NCCCn4ccnc4)C(F)CC(C1=O)C32. The van der Waals surface area contributed by atoms with Gasteiger partial charge in [-0.3, -0.25) is 14.4 Å². The van der Waals surface area contributed by atoms with Crippen LogP contribution in [-0.2, 0) is 38.8 Å². The van der Waals surface area contributed by atoms with Crippen molar-refractivity contribution in [2.24, 2.45) is 11.8 Å². The Morgan fingerprint density at radius 1 is 0.840 bits per heavy atom. The molecular formula is C35H47FN10O4. The van der Waals surface area contributed by atoms with E-state index in [2.05, 4.69) is 35.8 Å². The van der Waals surface area contributed by atoms with Crippen molar-refractivity contribution in [3.05, 3.63) is 67.9 Å². The van der Waals surface area contributed by atoms with Gasteiger partial charge in [0.1, 0.15) is 6.17 Å². The molecule has 7 rings (SSSR count). The molecule has 50 heavy (non-hydrogen) atoms. The fourth-order valence-corrected chi connectivity index (χ4v) is 8.21. The number of imidazole rings is 3. The maximum Gasteiger partial charge on any atom is 0.256 e. The van der Waals surface area contributed by atoms with Gasteiger partial charge in [-0.15, -0.1) is 0 Å². The van der Waals surface area contributed by atoms with Crippen LogP contribution in [0.15, 0.2) is 67.9 Å². The number of nitrogens with one attached hydrogen (secondary N) is 3. The Balaban J connectivity index is 1.04. The molecule has 0 aromatic carbocycles. The molecular weight excluding hydrogens is 643 g/mol. The number of hydrogen-bond acceptors (Lipinski definition) is 9. The van der Waals surface area contributed by atoms with Crippen LogP contribution in [0.25, 0.3) is 0 Å².